The third-order valence-corrected chi connectivity index (χ3v) is 7.49. The molecular weight excluding hydrogens is 442 g/mol. The molecule has 7 aromatic rings. The molecule has 0 aliphatic heterocycles. The van der Waals surface area contributed by atoms with Crippen molar-refractivity contribution in [2.75, 3.05) is 0 Å². The summed E-state index contributed by atoms with van der Waals surface area (Å²) in [7, 11) is 0. The molecule has 3 aromatic carbocycles. The predicted octanol–water partition coefficient (Wildman–Crippen LogP) is 5.82. The van der Waals surface area contributed by atoms with Crippen LogP contribution in [-0.2, 0) is 0 Å². The van der Waals surface area contributed by atoms with Gasteiger partial charge >= 0.3 is 0 Å². The molecule has 5 nitrogen and oxygen atoms in total. The zero-order chi connectivity index (χ0) is 22.8. The first kappa shape index (κ1) is 19.1. The van der Waals surface area contributed by atoms with Gasteiger partial charge in [-0.3, -0.25) is 19.6 Å². The number of hydrogen-bond acceptors (Lipinski definition) is 5. The van der Waals surface area contributed by atoms with Gasteiger partial charge in [0.15, 0.2) is 0 Å². The molecule has 0 aliphatic carbocycles. The van der Waals surface area contributed by atoms with Crippen LogP contribution in [-0.4, -0.2) is 14.5 Å². The van der Waals surface area contributed by atoms with Gasteiger partial charge in [-0.2, -0.15) is 0 Å². The van der Waals surface area contributed by atoms with Crippen LogP contribution < -0.4 is 11.1 Å². The van der Waals surface area contributed by atoms with E-state index in [0.29, 0.717) is 21.8 Å². The monoisotopic (exact) mass is 457 g/mol. The van der Waals surface area contributed by atoms with Crippen molar-refractivity contribution in [1.82, 2.24) is 14.5 Å². The number of aromatic nitrogens is 3. The molecule has 0 aliphatic rings. The average Bonchev–Trinajstić information content (AvgIpc) is 3.22. The second kappa shape index (κ2) is 7.04. The van der Waals surface area contributed by atoms with E-state index in [1.165, 1.54) is 4.57 Å². The summed E-state index contributed by atoms with van der Waals surface area (Å²) in [5.74, 6) is 0. The third-order valence-electron chi connectivity index (χ3n) is 6.36. The van der Waals surface area contributed by atoms with Crippen LogP contribution in [0.1, 0.15) is 0 Å². The highest BCUT2D eigenvalue weighted by Gasteiger charge is 2.16. The number of rotatable bonds is 1. The molecule has 0 fully saturated rings. The van der Waals surface area contributed by atoms with E-state index in [1.54, 1.807) is 36.0 Å². The van der Waals surface area contributed by atoms with Crippen LogP contribution in [0.4, 0.5) is 0 Å². The van der Waals surface area contributed by atoms with Crippen LogP contribution in [0.3, 0.4) is 0 Å². The number of pyridine rings is 2. The summed E-state index contributed by atoms with van der Waals surface area (Å²) in [6.45, 7) is 0. The van der Waals surface area contributed by atoms with Gasteiger partial charge in [-0.15, -0.1) is 11.3 Å². The highest BCUT2D eigenvalue weighted by atomic mass is 32.1. The largest absolute Gasteiger partial charge is 0.268 e. The van der Waals surface area contributed by atoms with Crippen molar-refractivity contribution in [3.05, 3.63) is 112 Å². The summed E-state index contributed by atoms with van der Waals surface area (Å²) in [5.41, 5.74) is 0.480. The van der Waals surface area contributed by atoms with E-state index in [1.807, 2.05) is 54.6 Å². The molecule has 0 amide bonds. The van der Waals surface area contributed by atoms with Gasteiger partial charge in [-0.05, 0) is 59.3 Å². The van der Waals surface area contributed by atoms with E-state index in [2.05, 4.69) is 22.1 Å². The van der Waals surface area contributed by atoms with Crippen LogP contribution in [0.2, 0.25) is 0 Å². The van der Waals surface area contributed by atoms with Crippen molar-refractivity contribution in [2.45, 2.75) is 0 Å². The second-order valence-corrected chi connectivity index (χ2v) is 9.29. The fraction of sp³-hybridized carbons (Fsp3) is 0. The maximum Gasteiger partial charge on any atom is 0.267 e. The minimum atomic E-state index is -0.395. The summed E-state index contributed by atoms with van der Waals surface area (Å²) >= 11 is 1.68. The van der Waals surface area contributed by atoms with E-state index < -0.39 is 5.56 Å². The zero-order valence-corrected chi connectivity index (χ0v) is 18.5. The van der Waals surface area contributed by atoms with Gasteiger partial charge in [-0.1, -0.05) is 24.3 Å². The molecule has 160 valence electrons. The molecule has 7 rings (SSSR count). The SMILES string of the molecule is O=c1c2cnccc2c2cc3sc4ccccc4c3cc2c(=O)n1-c1cccc2ncccc12. The zero-order valence-electron chi connectivity index (χ0n) is 17.7. The van der Waals surface area contributed by atoms with Crippen molar-refractivity contribution < 1.29 is 0 Å². The fourth-order valence-corrected chi connectivity index (χ4v) is 5.93. The number of benzene rings is 3. The van der Waals surface area contributed by atoms with E-state index in [4.69, 9.17) is 0 Å². The first-order chi connectivity index (χ1) is 16.7. The molecule has 0 saturated carbocycles. The lowest BCUT2D eigenvalue weighted by Crippen LogP contribution is -2.28. The maximum absolute atomic E-state index is 14.1. The Hall–Kier alpha value is -4.42. The first-order valence-corrected chi connectivity index (χ1v) is 11.6. The molecule has 0 radical (unpaired) electrons. The van der Waals surface area contributed by atoms with Crippen LogP contribution in [0, 0.1) is 0 Å². The Morgan fingerprint density at radius 2 is 1.47 bits per heavy atom. The van der Waals surface area contributed by atoms with Gasteiger partial charge in [0.25, 0.3) is 11.1 Å². The Labute approximate surface area is 196 Å². The lowest BCUT2D eigenvalue weighted by Gasteiger charge is -2.07. The minimum absolute atomic E-state index is 0.357. The Bertz CT molecular complexity index is 2070. The molecule has 0 bridgehead atoms. The Morgan fingerprint density at radius 3 is 2.41 bits per heavy atom. The van der Waals surface area contributed by atoms with E-state index in [0.717, 1.165) is 36.5 Å². The van der Waals surface area contributed by atoms with Gasteiger partial charge in [0, 0.05) is 49.5 Å². The topological polar surface area (TPSA) is 64.8 Å². The normalized spacial score (nSPS) is 11.8. The summed E-state index contributed by atoms with van der Waals surface area (Å²) in [5, 5.41) is 5.20. The lowest BCUT2D eigenvalue weighted by molar-refractivity contribution is 0.984. The van der Waals surface area contributed by atoms with Gasteiger partial charge in [-0.25, -0.2) is 4.57 Å². The van der Waals surface area contributed by atoms with E-state index >= 15 is 0 Å². The second-order valence-electron chi connectivity index (χ2n) is 8.21. The summed E-state index contributed by atoms with van der Waals surface area (Å²) in [6, 6.07) is 23.1. The number of nitrogens with zero attached hydrogens (tertiary/aromatic N) is 3. The van der Waals surface area contributed by atoms with Crippen molar-refractivity contribution in [3.63, 3.8) is 0 Å². The highest BCUT2D eigenvalue weighted by Crippen LogP contribution is 2.36. The Balaban J connectivity index is 1.77. The molecule has 0 saturated heterocycles. The number of hydrogen-bond donors (Lipinski definition) is 0. The Kier molecular flexibility index (Phi) is 3.95. The van der Waals surface area contributed by atoms with Crippen molar-refractivity contribution in [3.8, 4) is 5.69 Å². The van der Waals surface area contributed by atoms with Crippen LogP contribution in [0.15, 0.2) is 101 Å². The van der Waals surface area contributed by atoms with Gasteiger partial charge < -0.3 is 0 Å². The van der Waals surface area contributed by atoms with Gasteiger partial charge in [0.05, 0.1) is 16.6 Å². The van der Waals surface area contributed by atoms with Crippen molar-refractivity contribution in [1.29, 1.82) is 0 Å². The van der Waals surface area contributed by atoms with Crippen LogP contribution in [0.5, 0.6) is 0 Å². The molecule has 0 N–H and O–H groups in total. The van der Waals surface area contributed by atoms with Gasteiger partial charge in [0.2, 0.25) is 0 Å². The molecule has 0 atom stereocenters. The maximum atomic E-state index is 14.1. The predicted molar refractivity (Wildman–Crippen MR) is 139 cm³/mol. The first-order valence-electron chi connectivity index (χ1n) is 10.8. The molecule has 0 unspecified atom stereocenters. The van der Waals surface area contributed by atoms with Crippen LogP contribution in [0.25, 0.3) is 58.3 Å². The number of thiophene rings is 1. The molecule has 4 aromatic heterocycles. The van der Waals surface area contributed by atoms with E-state index in [-0.39, 0.29) is 5.56 Å². The van der Waals surface area contributed by atoms with Crippen molar-refractivity contribution in [2.24, 2.45) is 0 Å². The molecule has 34 heavy (non-hydrogen) atoms. The van der Waals surface area contributed by atoms with E-state index in [9.17, 15) is 9.59 Å². The fourth-order valence-electron chi connectivity index (χ4n) is 4.80. The summed E-state index contributed by atoms with van der Waals surface area (Å²) in [6.07, 6.45) is 4.91. The molecule has 4 heterocycles. The minimum Gasteiger partial charge on any atom is -0.268 e. The lowest BCUT2D eigenvalue weighted by atomic mass is 10.1. The standard InChI is InChI=1S/C28H15N3O2S/c32-27-21-13-20-17-5-1-2-9-25(17)34-26(20)14-19(21)16-10-12-29-15-22(16)28(33)31(27)24-8-3-7-23-18(24)6-4-11-30-23/h1-15H. The van der Waals surface area contributed by atoms with Gasteiger partial charge in [0.1, 0.15) is 0 Å². The molecule has 0 spiro atoms. The molecule has 6 heteroatoms. The van der Waals surface area contributed by atoms with Crippen LogP contribution >= 0.6 is 11.3 Å². The third kappa shape index (κ3) is 2.60. The number of fused-ring (bicyclic) bond motifs is 7. The Morgan fingerprint density at radius 1 is 0.618 bits per heavy atom. The summed E-state index contributed by atoms with van der Waals surface area (Å²) in [4.78, 5) is 36.6. The quantitative estimate of drug-likeness (QED) is 0.312. The van der Waals surface area contributed by atoms with Crippen molar-refractivity contribution >= 4 is 64.0 Å². The smallest absolute Gasteiger partial charge is 0.267 e. The summed E-state index contributed by atoms with van der Waals surface area (Å²) < 4.78 is 3.51. The highest BCUT2D eigenvalue weighted by molar-refractivity contribution is 7.25. The molecular formula is C28H15N3O2S. The average molecular weight is 458 g/mol.